The Morgan fingerprint density at radius 1 is 1.35 bits per heavy atom. The average Bonchev–Trinajstić information content (AvgIpc) is 2.37. The summed E-state index contributed by atoms with van der Waals surface area (Å²) >= 11 is 0. The van der Waals surface area contributed by atoms with E-state index in [1.807, 2.05) is 6.92 Å². The zero-order chi connectivity index (χ0) is 16.0. The molecule has 1 rings (SSSR count). The topological polar surface area (TPSA) is 164 Å². The summed E-state index contributed by atoms with van der Waals surface area (Å²) in [6.45, 7) is 2.46. The Bertz CT molecular complexity index is 531. The van der Waals surface area contributed by atoms with E-state index >= 15 is 0 Å². The quantitative estimate of drug-likeness (QED) is 0.446. The molecule has 1 aromatic carbocycles. The SMILES string of the molecule is CC(N)CN.O=C(O)C(O)(c1ccccc1)S(=O)(=O)O. The van der Waals surface area contributed by atoms with Crippen LogP contribution in [-0.2, 0) is 19.8 Å². The molecule has 0 heterocycles. The minimum Gasteiger partial charge on any atom is -0.478 e. The van der Waals surface area contributed by atoms with Crippen LogP contribution >= 0.6 is 0 Å². The van der Waals surface area contributed by atoms with Crippen LogP contribution in [0.15, 0.2) is 30.3 Å². The van der Waals surface area contributed by atoms with Gasteiger partial charge in [0.05, 0.1) is 0 Å². The van der Waals surface area contributed by atoms with Crippen molar-refractivity contribution >= 4 is 16.1 Å². The first-order valence-corrected chi connectivity index (χ1v) is 6.95. The van der Waals surface area contributed by atoms with Gasteiger partial charge in [-0.1, -0.05) is 30.3 Å². The minimum absolute atomic E-state index is 0.162. The Morgan fingerprint density at radius 2 is 1.75 bits per heavy atom. The summed E-state index contributed by atoms with van der Waals surface area (Å²) in [5, 5.41) is 18.1. The normalized spacial score (nSPS) is 15.4. The van der Waals surface area contributed by atoms with Crippen molar-refractivity contribution in [3.05, 3.63) is 35.9 Å². The summed E-state index contributed by atoms with van der Waals surface area (Å²) in [5.74, 6) is -2.06. The molecule has 1 aromatic rings. The van der Waals surface area contributed by atoms with Crippen LogP contribution in [0.5, 0.6) is 0 Å². The highest BCUT2D eigenvalue weighted by atomic mass is 32.2. The van der Waals surface area contributed by atoms with Crippen LogP contribution in [0.3, 0.4) is 0 Å². The van der Waals surface area contributed by atoms with Crippen molar-refractivity contribution in [3.8, 4) is 0 Å². The van der Waals surface area contributed by atoms with Crippen LogP contribution in [-0.4, -0.2) is 41.7 Å². The van der Waals surface area contributed by atoms with Crippen molar-refractivity contribution in [1.29, 1.82) is 0 Å². The molecule has 0 aliphatic rings. The van der Waals surface area contributed by atoms with Crippen molar-refractivity contribution < 1.29 is 28.0 Å². The van der Waals surface area contributed by atoms with Gasteiger partial charge in [0.25, 0.3) is 0 Å². The first-order valence-electron chi connectivity index (χ1n) is 5.51. The van der Waals surface area contributed by atoms with E-state index in [-0.39, 0.29) is 6.04 Å². The molecule has 8 nitrogen and oxygen atoms in total. The molecule has 0 aromatic heterocycles. The lowest BCUT2D eigenvalue weighted by molar-refractivity contribution is -0.151. The molecule has 2 unspecified atom stereocenters. The molecule has 0 saturated carbocycles. The third kappa shape index (κ3) is 4.54. The van der Waals surface area contributed by atoms with Gasteiger partial charge >= 0.3 is 21.0 Å². The molecule has 20 heavy (non-hydrogen) atoms. The van der Waals surface area contributed by atoms with Gasteiger partial charge in [0, 0.05) is 18.2 Å². The molecular formula is C11H18N2O6S. The van der Waals surface area contributed by atoms with Crippen LogP contribution in [0.2, 0.25) is 0 Å². The van der Waals surface area contributed by atoms with Crippen molar-refractivity contribution in [2.45, 2.75) is 17.9 Å². The number of aliphatic carboxylic acids is 1. The predicted molar refractivity (Wildman–Crippen MR) is 72.2 cm³/mol. The molecule has 0 aliphatic heterocycles. The number of carboxylic acids is 1. The summed E-state index contributed by atoms with van der Waals surface area (Å²) in [4.78, 5) is 7.35. The Balaban J connectivity index is 0.000000621. The summed E-state index contributed by atoms with van der Waals surface area (Å²) < 4.78 is 30.3. The second kappa shape index (κ2) is 7.31. The van der Waals surface area contributed by atoms with E-state index in [2.05, 4.69) is 0 Å². The minimum atomic E-state index is -5.16. The van der Waals surface area contributed by atoms with Crippen molar-refractivity contribution in [2.75, 3.05) is 6.54 Å². The first-order chi connectivity index (χ1) is 9.07. The molecule has 2 atom stereocenters. The lowest BCUT2D eigenvalue weighted by Crippen LogP contribution is -2.43. The predicted octanol–water partition coefficient (Wildman–Crippen LogP) is -0.904. The van der Waals surface area contributed by atoms with Crippen LogP contribution in [0.25, 0.3) is 0 Å². The van der Waals surface area contributed by atoms with E-state index in [0.29, 0.717) is 6.54 Å². The second-order valence-electron chi connectivity index (χ2n) is 4.00. The molecule has 0 saturated heterocycles. The largest absolute Gasteiger partial charge is 0.478 e. The van der Waals surface area contributed by atoms with Gasteiger partial charge < -0.3 is 21.7 Å². The van der Waals surface area contributed by atoms with E-state index in [1.165, 1.54) is 18.2 Å². The Kier molecular flexibility index (Phi) is 6.76. The van der Waals surface area contributed by atoms with Crippen molar-refractivity contribution in [2.24, 2.45) is 11.5 Å². The lowest BCUT2D eigenvalue weighted by atomic mass is 10.1. The zero-order valence-corrected chi connectivity index (χ0v) is 11.6. The fourth-order valence-corrected chi connectivity index (χ4v) is 1.70. The summed E-state index contributed by atoms with van der Waals surface area (Å²) in [6, 6.07) is 6.53. The van der Waals surface area contributed by atoms with Gasteiger partial charge in [-0.15, -0.1) is 0 Å². The molecule has 7 N–H and O–H groups in total. The third-order valence-corrected chi connectivity index (χ3v) is 3.36. The Hall–Kier alpha value is -1.52. The van der Waals surface area contributed by atoms with E-state index < -0.39 is 26.6 Å². The third-order valence-electron chi connectivity index (χ3n) is 2.20. The maximum atomic E-state index is 10.8. The smallest absolute Gasteiger partial charge is 0.359 e. The first kappa shape index (κ1) is 18.5. The van der Waals surface area contributed by atoms with Gasteiger partial charge in [0.1, 0.15) is 0 Å². The number of hydrogen-bond donors (Lipinski definition) is 5. The van der Waals surface area contributed by atoms with Crippen LogP contribution in [0.4, 0.5) is 0 Å². The number of carbonyl (C=O) groups is 1. The fourth-order valence-electron chi connectivity index (χ4n) is 1.05. The Labute approximate surface area is 116 Å². The van der Waals surface area contributed by atoms with Gasteiger partial charge in [-0.3, -0.25) is 4.55 Å². The van der Waals surface area contributed by atoms with Gasteiger partial charge in [-0.2, -0.15) is 8.42 Å². The molecule has 9 heteroatoms. The lowest BCUT2D eigenvalue weighted by Gasteiger charge is -2.19. The number of rotatable bonds is 4. The standard InChI is InChI=1S/C8H8O6S.C3H10N2/c9-7(10)8(11,15(12,13)14)6-4-2-1-3-5-6;1-3(5)2-4/h1-5,11H,(H,9,10)(H,12,13,14);3H,2,4-5H2,1H3. The van der Waals surface area contributed by atoms with E-state index in [0.717, 1.165) is 12.1 Å². The number of benzene rings is 1. The van der Waals surface area contributed by atoms with E-state index in [4.69, 9.17) is 21.1 Å². The maximum absolute atomic E-state index is 10.8. The van der Waals surface area contributed by atoms with Crippen LogP contribution in [0.1, 0.15) is 12.5 Å². The van der Waals surface area contributed by atoms with Gasteiger partial charge in [0.2, 0.25) is 0 Å². The Morgan fingerprint density at radius 3 is 2.00 bits per heavy atom. The molecule has 0 spiro atoms. The average molecular weight is 306 g/mol. The van der Waals surface area contributed by atoms with Gasteiger partial charge in [0.15, 0.2) is 0 Å². The molecule has 114 valence electrons. The molecule has 0 amide bonds. The fraction of sp³-hybridized carbons (Fsp3) is 0.364. The molecule has 0 radical (unpaired) electrons. The van der Waals surface area contributed by atoms with Crippen LogP contribution < -0.4 is 11.5 Å². The van der Waals surface area contributed by atoms with Crippen molar-refractivity contribution in [1.82, 2.24) is 0 Å². The van der Waals surface area contributed by atoms with Gasteiger partial charge in [-0.05, 0) is 6.92 Å². The molecular weight excluding hydrogens is 288 g/mol. The highest BCUT2D eigenvalue weighted by molar-refractivity contribution is 7.87. The molecule has 0 fully saturated rings. The molecule has 0 bridgehead atoms. The maximum Gasteiger partial charge on any atom is 0.359 e. The highest BCUT2D eigenvalue weighted by Gasteiger charge is 2.50. The number of aliphatic hydroxyl groups is 1. The van der Waals surface area contributed by atoms with Crippen LogP contribution in [0, 0.1) is 0 Å². The monoisotopic (exact) mass is 306 g/mol. The summed E-state index contributed by atoms with van der Waals surface area (Å²) in [7, 11) is -5.16. The van der Waals surface area contributed by atoms with Crippen molar-refractivity contribution in [3.63, 3.8) is 0 Å². The van der Waals surface area contributed by atoms with Gasteiger partial charge in [-0.25, -0.2) is 4.79 Å². The summed E-state index contributed by atoms with van der Waals surface area (Å²) in [6.07, 6.45) is 0. The second-order valence-corrected chi connectivity index (χ2v) is 5.54. The molecule has 0 aliphatic carbocycles. The van der Waals surface area contributed by atoms with E-state index in [1.54, 1.807) is 0 Å². The van der Waals surface area contributed by atoms with E-state index in [9.17, 15) is 18.3 Å². The number of carboxylic acid groups (broad SMARTS) is 1. The zero-order valence-electron chi connectivity index (χ0n) is 10.8. The number of nitrogens with two attached hydrogens (primary N) is 2. The number of hydrogen-bond acceptors (Lipinski definition) is 6. The highest BCUT2D eigenvalue weighted by Crippen LogP contribution is 2.26. The summed E-state index contributed by atoms with van der Waals surface area (Å²) in [5.41, 5.74) is 9.78.